The van der Waals surface area contributed by atoms with E-state index in [9.17, 15) is 4.79 Å². The molecule has 1 aliphatic rings. The molecule has 0 spiro atoms. The van der Waals surface area contributed by atoms with Crippen molar-refractivity contribution in [2.45, 2.75) is 25.4 Å². The van der Waals surface area contributed by atoms with Crippen molar-refractivity contribution in [2.75, 3.05) is 0 Å². The summed E-state index contributed by atoms with van der Waals surface area (Å²) in [4.78, 5) is 19.1. The molecule has 0 saturated carbocycles. The summed E-state index contributed by atoms with van der Waals surface area (Å²) in [7, 11) is 0. The maximum Gasteiger partial charge on any atom is 0.232 e. The third kappa shape index (κ3) is 2.91. The summed E-state index contributed by atoms with van der Waals surface area (Å²) in [5.41, 5.74) is 7.62. The topological polar surface area (TPSA) is 58.7 Å². The fourth-order valence-electron chi connectivity index (χ4n) is 3.27. The van der Waals surface area contributed by atoms with E-state index in [4.69, 9.17) is 10.7 Å². The molecule has 2 heterocycles. The maximum atomic E-state index is 12.8. The van der Waals surface area contributed by atoms with Gasteiger partial charge in [0.1, 0.15) is 0 Å². The van der Waals surface area contributed by atoms with Gasteiger partial charge in [0.2, 0.25) is 5.91 Å². The average Bonchev–Trinajstić information content (AvgIpc) is 3.07. The fraction of sp³-hybridized carbons (Fsp3) is 0.200. The highest BCUT2D eigenvalue weighted by atomic mass is 32.1. The highest BCUT2D eigenvalue weighted by molar-refractivity contribution is 7.17. The molecule has 0 bridgehead atoms. The summed E-state index contributed by atoms with van der Waals surface area (Å²) in [6.07, 6.45) is 0.316. The van der Waals surface area contributed by atoms with Gasteiger partial charge in [-0.1, -0.05) is 36.4 Å². The van der Waals surface area contributed by atoms with E-state index in [0.717, 1.165) is 11.1 Å². The molecule has 0 aliphatic carbocycles. The smallest absolute Gasteiger partial charge is 0.232 e. The molecular formula is C20H19N3OS. The van der Waals surface area contributed by atoms with Crippen molar-refractivity contribution in [3.63, 3.8) is 0 Å². The second-order valence-electron chi connectivity index (χ2n) is 6.56. The third-order valence-electron chi connectivity index (χ3n) is 4.69. The molecule has 0 radical (unpaired) electrons. The summed E-state index contributed by atoms with van der Waals surface area (Å²) < 4.78 is 1.23. The summed E-state index contributed by atoms with van der Waals surface area (Å²) in [6.45, 7) is 2.43. The van der Waals surface area contributed by atoms with Gasteiger partial charge in [-0.15, -0.1) is 11.3 Å². The zero-order chi connectivity index (χ0) is 17.4. The van der Waals surface area contributed by atoms with Gasteiger partial charge in [0, 0.05) is 4.70 Å². The Labute approximate surface area is 150 Å². The molecule has 1 atom stereocenters. The number of guanidine groups is 1. The average molecular weight is 349 g/mol. The standard InChI is InChI=1S/C20H19N3OS/c1-20(16-7-8-17-15(11-16)9-10-25-17)12-18(24)23(19(21)22-20)13-14-5-3-2-4-6-14/h2-11H,12-13H2,1H3,(H2,21,22)/t20-/m0/s1. The van der Waals surface area contributed by atoms with Crippen LogP contribution in [0.4, 0.5) is 0 Å². The molecule has 5 heteroatoms. The molecule has 25 heavy (non-hydrogen) atoms. The molecule has 2 N–H and O–H groups in total. The van der Waals surface area contributed by atoms with Gasteiger partial charge in [0.15, 0.2) is 5.96 Å². The number of hydrogen-bond donors (Lipinski definition) is 1. The minimum absolute atomic E-state index is 0.00395. The lowest BCUT2D eigenvalue weighted by Gasteiger charge is -2.35. The van der Waals surface area contributed by atoms with Gasteiger partial charge in [-0.25, -0.2) is 4.99 Å². The van der Waals surface area contributed by atoms with Gasteiger partial charge >= 0.3 is 0 Å². The minimum Gasteiger partial charge on any atom is -0.369 e. The van der Waals surface area contributed by atoms with E-state index in [1.54, 1.807) is 16.2 Å². The van der Waals surface area contributed by atoms with E-state index in [-0.39, 0.29) is 11.9 Å². The van der Waals surface area contributed by atoms with Crippen LogP contribution < -0.4 is 5.73 Å². The first-order valence-corrected chi connectivity index (χ1v) is 9.10. The normalized spacial score (nSPS) is 20.8. The van der Waals surface area contributed by atoms with E-state index in [2.05, 4.69) is 29.6 Å². The number of nitrogens with two attached hydrogens (primary N) is 1. The van der Waals surface area contributed by atoms with E-state index in [0.29, 0.717) is 13.0 Å². The Balaban J connectivity index is 1.67. The molecule has 126 valence electrons. The lowest BCUT2D eigenvalue weighted by molar-refractivity contribution is -0.130. The maximum absolute atomic E-state index is 12.8. The summed E-state index contributed by atoms with van der Waals surface area (Å²) in [6, 6.07) is 18.2. The van der Waals surface area contributed by atoms with Crippen LogP contribution in [0.1, 0.15) is 24.5 Å². The van der Waals surface area contributed by atoms with Gasteiger partial charge in [0.05, 0.1) is 18.5 Å². The van der Waals surface area contributed by atoms with Crippen molar-refractivity contribution in [1.29, 1.82) is 0 Å². The lowest BCUT2D eigenvalue weighted by atomic mass is 9.87. The summed E-state index contributed by atoms with van der Waals surface area (Å²) >= 11 is 1.71. The number of nitrogens with zero attached hydrogens (tertiary/aromatic N) is 2. The number of carbonyl (C=O) groups is 1. The fourth-order valence-corrected chi connectivity index (χ4v) is 4.04. The molecule has 2 aromatic carbocycles. The van der Waals surface area contributed by atoms with Crippen LogP contribution >= 0.6 is 11.3 Å². The highest BCUT2D eigenvalue weighted by Gasteiger charge is 2.37. The minimum atomic E-state index is -0.621. The molecule has 0 fully saturated rings. The van der Waals surface area contributed by atoms with Crippen molar-refractivity contribution in [3.8, 4) is 0 Å². The van der Waals surface area contributed by atoms with Crippen LogP contribution in [0.15, 0.2) is 65.0 Å². The van der Waals surface area contributed by atoms with Crippen molar-refractivity contribution in [3.05, 3.63) is 71.1 Å². The molecule has 0 unspecified atom stereocenters. The second kappa shape index (κ2) is 6.01. The molecule has 3 aromatic rings. The van der Waals surface area contributed by atoms with Crippen LogP contribution in [0.5, 0.6) is 0 Å². The highest BCUT2D eigenvalue weighted by Crippen LogP contribution is 2.35. The van der Waals surface area contributed by atoms with Crippen molar-refractivity contribution in [2.24, 2.45) is 10.7 Å². The first kappa shape index (κ1) is 15.8. The zero-order valence-electron chi connectivity index (χ0n) is 14.0. The van der Waals surface area contributed by atoms with Crippen LogP contribution in [0.25, 0.3) is 10.1 Å². The number of fused-ring (bicyclic) bond motifs is 1. The number of hydrogen-bond acceptors (Lipinski definition) is 4. The Morgan fingerprint density at radius 1 is 1.20 bits per heavy atom. The zero-order valence-corrected chi connectivity index (χ0v) is 14.8. The number of carbonyl (C=O) groups excluding carboxylic acids is 1. The van der Waals surface area contributed by atoms with Gasteiger partial charge in [0.25, 0.3) is 0 Å². The number of benzene rings is 2. The van der Waals surface area contributed by atoms with Crippen LogP contribution in [0.3, 0.4) is 0 Å². The van der Waals surface area contributed by atoms with Crippen molar-refractivity contribution >= 4 is 33.3 Å². The van der Waals surface area contributed by atoms with E-state index < -0.39 is 5.54 Å². The Kier molecular flexibility index (Phi) is 3.81. The largest absolute Gasteiger partial charge is 0.369 e. The number of thiophene rings is 1. The molecule has 4 nitrogen and oxygen atoms in total. The van der Waals surface area contributed by atoms with Crippen LogP contribution in [-0.4, -0.2) is 16.8 Å². The monoisotopic (exact) mass is 349 g/mol. The Morgan fingerprint density at radius 2 is 2.00 bits per heavy atom. The predicted molar refractivity (Wildman–Crippen MR) is 102 cm³/mol. The quantitative estimate of drug-likeness (QED) is 0.780. The molecule has 1 aromatic heterocycles. The van der Waals surface area contributed by atoms with Gasteiger partial charge in [-0.2, -0.15) is 0 Å². The van der Waals surface area contributed by atoms with E-state index in [1.807, 2.05) is 37.3 Å². The lowest BCUT2D eigenvalue weighted by Crippen LogP contribution is -2.49. The first-order chi connectivity index (χ1) is 12.0. The van der Waals surface area contributed by atoms with Crippen molar-refractivity contribution < 1.29 is 4.79 Å². The van der Waals surface area contributed by atoms with E-state index in [1.165, 1.54) is 10.1 Å². The number of aliphatic imine (C=N–C) groups is 1. The second-order valence-corrected chi connectivity index (χ2v) is 7.51. The number of rotatable bonds is 3. The Hall–Kier alpha value is -2.66. The van der Waals surface area contributed by atoms with Gasteiger partial charge < -0.3 is 5.73 Å². The molecule has 1 amide bonds. The van der Waals surface area contributed by atoms with Gasteiger partial charge in [-0.05, 0) is 47.0 Å². The van der Waals surface area contributed by atoms with E-state index >= 15 is 0 Å². The third-order valence-corrected chi connectivity index (χ3v) is 5.59. The van der Waals surface area contributed by atoms with Crippen LogP contribution in [-0.2, 0) is 16.9 Å². The summed E-state index contributed by atoms with van der Waals surface area (Å²) in [5, 5.41) is 3.25. The van der Waals surface area contributed by atoms with Crippen LogP contribution in [0.2, 0.25) is 0 Å². The van der Waals surface area contributed by atoms with Gasteiger partial charge in [-0.3, -0.25) is 9.69 Å². The SMILES string of the molecule is C[C@@]1(c2ccc3sccc3c2)CC(=O)N(Cc2ccccc2)C(N)=N1. The molecule has 0 saturated heterocycles. The Bertz CT molecular complexity index is 963. The number of amides is 1. The Morgan fingerprint density at radius 3 is 2.76 bits per heavy atom. The molecule has 4 rings (SSSR count). The predicted octanol–water partition coefficient (Wildman–Crippen LogP) is 3.86. The van der Waals surface area contributed by atoms with Crippen LogP contribution in [0, 0.1) is 0 Å². The molecular weight excluding hydrogens is 330 g/mol. The first-order valence-electron chi connectivity index (χ1n) is 8.22. The summed E-state index contributed by atoms with van der Waals surface area (Å²) in [5.74, 6) is 0.289. The molecule has 1 aliphatic heterocycles. The van der Waals surface area contributed by atoms with Crippen molar-refractivity contribution in [1.82, 2.24) is 4.90 Å².